The van der Waals surface area contributed by atoms with Crippen LogP contribution in [0.3, 0.4) is 0 Å². The number of rotatable bonds is 8. The van der Waals surface area contributed by atoms with Crippen molar-refractivity contribution >= 4 is 33.0 Å². The fraction of sp³-hybridized carbons (Fsp3) is 1.00. The standard InChI is InChI=1S/C9H18Cl2O3Si/c10-8(11)7-14-15-6-2-5-13-9-3-1-4-12-9/h8-9H,1-7,15H2. The highest BCUT2D eigenvalue weighted by Crippen LogP contribution is 2.13. The van der Waals surface area contributed by atoms with Crippen molar-refractivity contribution in [2.24, 2.45) is 0 Å². The minimum absolute atomic E-state index is 0.0441. The number of hydrogen-bond acceptors (Lipinski definition) is 3. The predicted octanol–water partition coefficient (Wildman–Crippen LogP) is 1.85. The average Bonchev–Trinajstić information content (AvgIpc) is 2.68. The van der Waals surface area contributed by atoms with Gasteiger partial charge in [0, 0.05) is 19.6 Å². The fourth-order valence-electron chi connectivity index (χ4n) is 1.37. The van der Waals surface area contributed by atoms with Gasteiger partial charge in [0.05, 0.1) is 6.61 Å². The Labute approximate surface area is 103 Å². The van der Waals surface area contributed by atoms with Gasteiger partial charge >= 0.3 is 0 Å². The first kappa shape index (κ1) is 13.7. The fourth-order valence-corrected chi connectivity index (χ4v) is 2.86. The normalized spacial score (nSPS) is 22.2. The van der Waals surface area contributed by atoms with E-state index in [0.717, 1.165) is 38.5 Å². The van der Waals surface area contributed by atoms with Crippen LogP contribution in [0.5, 0.6) is 0 Å². The van der Waals surface area contributed by atoms with Crippen LogP contribution in [-0.2, 0) is 13.9 Å². The second kappa shape index (κ2) is 8.79. The molecule has 1 atom stereocenters. The number of hydrogen-bond donors (Lipinski definition) is 0. The molecule has 0 bridgehead atoms. The van der Waals surface area contributed by atoms with Crippen molar-refractivity contribution < 1.29 is 13.9 Å². The summed E-state index contributed by atoms with van der Waals surface area (Å²) in [7, 11) is -0.463. The molecule has 1 fully saturated rings. The van der Waals surface area contributed by atoms with E-state index in [1.54, 1.807) is 0 Å². The highest BCUT2D eigenvalue weighted by atomic mass is 35.5. The van der Waals surface area contributed by atoms with Crippen LogP contribution in [0.15, 0.2) is 0 Å². The Bertz CT molecular complexity index is 154. The highest BCUT2D eigenvalue weighted by Gasteiger charge is 2.14. The van der Waals surface area contributed by atoms with Crippen LogP contribution in [-0.4, -0.2) is 40.7 Å². The lowest BCUT2D eigenvalue weighted by Crippen LogP contribution is -2.12. The second-order valence-corrected chi connectivity index (χ2v) is 6.29. The quantitative estimate of drug-likeness (QED) is 0.384. The van der Waals surface area contributed by atoms with Gasteiger partial charge in [0.15, 0.2) is 16.1 Å². The molecule has 1 rings (SSSR count). The Morgan fingerprint density at radius 3 is 3.00 bits per heavy atom. The van der Waals surface area contributed by atoms with Gasteiger partial charge in [-0.25, -0.2) is 0 Å². The number of alkyl halides is 2. The largest absolute Gasteiger partial charge is 0.421 e. The van der Waals surface area contributed by atoms with Crippen molar-refractivity contribution in [1.82, 2.24) is 0 Å². The van der Waals surface area contributed by atoms with E-state index in [0.29, 0.717) is 6.61 Å². The van der Waals surface area contributed by atoms with Crippen LogP contribution in [0.2, 0.25) is 6.04 Å². The molecule has 3 nitrogen and oxygen atoms in total. The third-order valence-electron chi connectivity index (χ3n) is 2.12. The van der Waals surface area contributed by atoms with Gasteiger partial charge < -0.3 is 13.9 Å². The van der Waals surface area contributed by atoms with Crippen LogP contribution in [0.25, 0.3) is 0 Å². The molecule has 0 radical (unpaired) electrons. The first-order chi connectivity index (χ1) is 7.29. The monoisotopic (exact) mass is 272 g/mol. The third-order valence-corrected chi connectivity index (χ3v) is 3.68. The summed E-state index contributed by atoms with van der Waals surface area (Å²) in [5.41, 5.74) is 0. The van der Waals surface area contributed by atoms with Gasteiger partial charge in [-0.05, 0) is 18.9 Å². The zero-order valence-electron chi connectivity index (χ0n) is 8.79. The summed E-state index contributed by atoms with van der Waals surface area (Å²) < 4.78 is 16.2. The van der Waals surface area contributed by atoms with Crippen molar-refractivity contribution in [1.29, 1.82) is 0 Å². The van der Waals surface area contributed by atoms with Crippen molar-refractivity contribution in [2.45, 2.75) is 36.4 Å². The summed E-state index contributed by atoms with van der Waals surface area (Å²) in [4.78, 5) is -0.388. The van der Waals surface area contributed by atoms with Crippen LogP contribution < -0.4 is 0 Å². The molecule has 15 heavy (non-hydrogen) atoms. The van der Waals surface area contributed by atoms with E-state index in [-0.39, 0.29) is 11.1 Å². The maximum absolute atomic E-state index is 5.53. The van der Waals surface area contributed by atoms with Crippen LogP contribution in [0.4, 0.5) is 0 Å². The molecule has 0 saturated carbocycles. The molecule has 0 aromatic heterocycles. The van der Waals surface area contributed by atoms with E-state index in [1.807, 2.05) is 0 Å². The molecule has 6 heteroatoms. The van der Waals surface area contributed by atoms with Crippen molar-refractivity contribution in [3.8, 4) is 0 Å². The van der Waals surface area contributed by atoms with E-state index >= 15 is 0 Å². The average molecular weight is 273 g/mol. The molecule has 0 N–H and O–H groups in total. The Morgan fingerprint density at radius 1 is 1.47 bits per heavy atom. The summed E-state index contributed by atoms with van der Waals surface area (Å²) >= 11 is 11.1. The van der Waals surface area contributed by atoms with Gasteiger partial charge in [0.25, 0.3) is 0 Å². The van der Waals surface area contributed by atoms with E-state index in [1.165, 1.54) is 0 Å². The van der Waals surface area contributed by atoms with Crippen molar-refractivity contribution in [2.75, 3.05) is 19.8 Å². The molecule has 1 unspecified atom stereocenters. The Balaban J connectivity index is 1.76. The van der Waals surface area contributed by atoms with Gasteiger partial charge in [-0.15, -0.1) is 23.2 Å². The minimum Gasteiger partial charge on any atom is -0.421 e. The molecule has 0 amide bonds. The first-order valence-electron chi connectivity index (χ1n) is 5.38. The van der Waals surface area contributed by atoms with Gasteiger partial charge in [0.2, 0.25) is 0 Å². The van der Waals surface area contributed by atoms with Gasteiger partial charge in [0.1, 0.15) is 4.84 Å². The lowest BCUT2D eigenvalue weighted by Gasteiger charge is -2.10. The zero-order valence-corrected chi connectivity index (χ0v) is 11.7. The van der Waals surface area contributed by atoms with E-state index < -0.39 is 9.76 Å². The summed E-state index contributed by atoms with van der Waals surface area (Å²) in [5, 5.41) is 0. The topological polar surface area (TPSA) is 27.7 Å². The molecule has 1 saturated heterocycles. The molecular formula is C9H18Cl2O3Si. The lowest BCUT2D eigenvalue weighted by atomic mass is 10.4. The van der Waals surface area contributed by atoms with Crippen LogP contribution in [0.1, 0.15) is 19.3 Å². The van der Waals surface area contributed by atoms with Crippen molar-refractivity contribution in [3.63, 3.8) is 0 Å². The maximum Gasteiger partial charge on any atom is 0.161 e. The van der Waals surface area contributed by atoms with Gasteiger partial charge in [-0.3, -0.25) is 0 Å². The summed E-state index contributed by atoms with van der Waals surface area (Å²) in [6.07, 6.45) is 3.24. The SMILES string of the molecule is ClC(Cl)CO[SiH2]CCCOC1CCCO1. The van der Waals surface area contributed by atoms with Gasteiger partial charge in [-0.2, -0.15) is 0 Å². The Kier molecular flexibility index (Phi) is 8.05. The molecule has 90 valence electrons. The number of halogens is 2. The third kappa shape index (κ3) is 7.55. The molecule has 0 aromatic rings. The molecular weight excluding hydrogens is 255 g/mol. The molecule has 1 aliphatic heterocycles. The summed E-state index contributed by atoms with van der Waals surface area (Å²) in [6.45, 7) is 2.07. The Morgan fingerprint density at radius 2 is 2.33 bits per heavy atom. The highest BCUT2D eigenvalue weighted by molar-refractivity contribution is 6.44. The van der Waals surface area contributed by atoms with E-state index in [4.69, 9.17) is 37.1 Å². The summed E-state index contributed by atoms with van der Waals surface area (Å²) in [5.74, 6) is 0. The van der Waals surface area contributed by atoms with Crippen molar-refractivity contribution in [3.05, 3.63) is 0 Å². The maximum atomic E-state index is 5.53. The van der Waals surface area contributed by atoms with Crippen LogP contribution in [0, 0.1) is 0 Å². The minimum atomic E-state index is -0.463. The zero-order chi connectivity index (χ0) is 10.9. The molecule has 1 aliphatic rings. The number of ether oxygens (including phenoxy) is 2. The molecule has 0 aromatic carbocycles. The molecule has 1 heterocycles. The molecule has 0 aliphatic carbocycles. The lowest BCUT2D eigenvalue weighted by molar-refractivity contribution is -0.110. The molecule has 0 spiro atoms. The predicted molar refractivity (Wildman–Crippen MR) is 64.3 cm³/mol. The first-order valence-corrected chi connectivity index (χ1v) is 7.83. The van der Waals surface area contributed by atoms with E-state index in [9.17, 15) is 0 Å². The van der Waals surface area contributed by atoms with Gasteiger partial charge in [-0.1, -0.05) is 0 Å². The summed E-state index contributed by atoms with van der Waals surface area (Å²) in [6, 6.07) is 1.10. The Hall–Kier alpha value is 0.677. The second-order valence-electron chi connectivity index (χ2n) is 3.49. The van der Waals surface area contributed by atoms with Crippen LogP contribution >= 0.6 is 23.2 Å². The smallest absolute Gasteiger partial charge is 0.161 e. The van der Waals surface area contributed by atoms with E-state index in [2.05, 4.69) is 0 Å².